The van der Waals surface area contributed by atoms with Crippen molar-refractivity contribution in [2.45, 2.75) is 59.3 Å². The number of aromatic nitrogens is 1. The summed E-state index contributed by atoms with van der Waals surface area (Å²) in [4.78, 5) is 4.41. The van der Waals surface area contributed by atoms with E-state index in [0.717, 1.165) is 4.60 Å². The third-order valence-electron chi connectivity index (χ3n) is 3.96. The number of hydrogen-bond acceptors (Lipinski definition) is 1. The van der Waals surface area contributed by atoms with Crippen molar-refractivity contribution in [3.63, 3.8) is 0 Å². The lowest BCUT2D eigenvalue weighted by Gasteiger charge is -2.17. The van der Waals surface area contributed by atoms with E-state index >= 15 is 0 Å². The highest BCUT2D eigenvalue weighted by Crippen LogP contribution is 2.27. The van der Waals surface area contributed by atoms with Crippen molar-refractivity contribution in [3.05, 3.63) is 58.9 Å². The Balaban J connectivity index is 2.56. The van der Waals surface area contributed by atoms with Crippen LogP contribution in [0.5, 0.6) is 0 Å². The molecule has 0 radical (unpaired) electrons. The minimum Gasteiger partial charge on any atom is -0.245 e. The molecule has 0 bridgehead atoms. The van der Waals surface area contributed by atoms with Crippen molar-refractivity contribution in [2.24, 2.45) is 0 Å². The normalized spacial score (nSPS) is 11.7. The lowest BCUT2D eigenvalue weighted by molar-refractivity contribution is -0.599. The predicted octanol–water partition coefficient (Wildman–Crippen LogP) is 3.34. The number of benzene rings is 1. The van der Waals surface area contributed by atoms with Crippen LogP contribution >= 0.6 is 15.9 Å². The molecule has 0 atom stereocenters. The summed E-state index contributed by atoms with van der Waals surface area (Å²) in [5.74, 6) is 1.69. The molecule has 0 aliphatic heterocycles. The van der Waals surface area contributed by atoms with Gasteiger partial charge < -0.3 is 0 Å². The van der Waals surface area contributed by atoms with E-state index in [1.165, 1.54) is 20.3 Å². The Morgan fingerprint density at radius 3 is 1.83 bits per heavy atom. The van der Waals surface area contributed by atoms with Crippen molar-refractivity contribution in [1.29, 1.82) is 0 Å². The minimum atomic E-state index is -0.211. The fourth-order valence-corrected chi connectivity index (χ4v) is 6.17. The summed E-state index contributed by atoms with van der Waals surface area (Å²) in [6.45, 7) is 13.8. The minimum absolute atomic E-state index is 0.211. The zero-order valence-electron chi connectivity index (χ0n) is 14.8. The van der Waals surface area contributed by atoms with E-state index in [0.29, 0.717) is 17.8 Å². The van der Waals surface area contributed by atoms with E-state index in [1.807, 2.05) is 6.20 Å². The molecule has 0 saturated heterocycles. The van der Waals surface area contributed by atoms with Crippen molar-refractivity contribution < 1.29 is 21.2 Å². The number of hydrogen-bond donors (Lipinski definition) is 0. The molecule has 124 valence electrons. The molecule has 2 rings (SSSR count). The summed E-state index contributed by atoms with van der Waals surface area (Å²) in [6, 6.07) is 9.17. The molecule has 1 aromatic heterocycles. The topological polar surface area (TPSA) is 12.9 Å². The third-order valence-corrected chi connectivity index (χ3v) is 7.47. The van der Waals surface area contributed by atoms with Gasteiger partial charge in [-0.1, -0.05) is 53.7 Å². The third kappa shape index (κ3) is 4.79. The molecule has 0 spiro atoms. The first-order chi connectivity index (χ1) is 10.8. The van der Waals surface area contributed by atoms with E-state index in [1.54, 1.807) is 3.57 Å². The first kappa shape index (κ1) is 18.9. The monoisotopic (exact) mass is 486 g/mol. The first-order valence-electron chi connectivity index (χ1n) is 8.23. The molecule has 0 aliphatic rings. The van der Waals surface area contributed by atoms with Gasteiger partial charge in [-0.2, -0.15) is 0 Å². The fraction of sp³-hybridized carbons (Fsp3) is 0.450. The van der Waals surface area contributed by atoms with Crippen molar-refractivity contribution >= 4 is 15.9 Å². The van der Waals surface area contributed by atoms with E-state index < -0.39 is 0 Å². The maximum absolute atomic E-state index is 4.41. The van der Waals surface area contributed by atoms with Crippen LogP contribution in [0.15, 0.2) is 35.1 Å². The van der Waals surface area contributed by atoms with Gasteiger partial charge in [0, 0.05) is 11.1 Å². The van der Waals surface area contributed by atoms with Gasteiger partial charge in [-0.15, -0.1) is 0 Å². The van der Waals surface area contributed by atoms with Gasteiger partial charge in [0.1, 0.15) is 4.60 Å². The van der Waals surface area contributed by atoms with Crippen LogP contribution in [-0.2, 0) is 0 Å². The Hall–Kier alpha value is -0.420. The Kier molecular flexibility index (Phi) is 6.66. The second kappa shape index (κ2) is 8.11. The van der Waals surface area contributed by atoms with Crippen molar-refractivity contribution in [2.75, 3.05) is 0 Å². The van der Waals surface area contributed by atoms with Crippen LogP contribution in [0.25, 0.3) is 0 Å². The van der Waals surface area contributed by atoms with E-state index in [4.69, 9.17) is 0 Å². The summed E-state index contributed by atoms with van der Waals surface area (Å²) in [5.41, 5.74) is 4.55. The molecule has 0 fully saturated rings. The molecule has 23 heavy (non-hydrogen) atoms. The lowest BCUT2D eigenvalue weighted by atomic mass is 9.90. The van der Waals surface area contributed by atoms with E-state index in [9.17, 15) is 0 Å². The van der Waals surface area contributed by atoms with E-state index in [-0.39, 0.29) is 21.2 Å². The maximum atomic E-state index is 4.41. The van der Waals surface area contributed by atoms with Gasteiger partial charge in [-0.25, -0.2) is 4.98 Å². The summed E-state index contributed by atoms with van der Waals surface area (Å²) in [6.07, 6.45) is 2.03. The molecule has 0 aliphatic carbocycles. The lowest BCUT2D eigenvalue weighted by Crippen LogP contribution is -3.62. The summed E-state index contributed by atoms with van der Waals surface area (Å²) in [5, 5.41) is 0. The zero-order chi connectivity index (χ0) is 17.1. The molecule has 1 aromatic carbocycles. The Morgan fingerprint density at radius 2 is 1.43 bits per heavy atom. The quantitative estimate of drug-likeness (QED) is 0.466. The molecular weight excluding hydrogens is 461 g/mol. The highest BCUT2D eigenvalue weighted by atomic mass is 127. The van der Waals surface area contributed by atoms with Gasteiger partial charge in [0.15, 0.2) is 0 Å². The Morgan fingerprint density at radius 1 is 0.870 bits per heavy atom. The first-order valence-corrected chi connectivity index (χ1v) is 11.2. The van der Waals surface area contributed by atoms with Crippen LogP contribution in [0.1, 0.15) is 76.0 Å². The van der Waals surface area contributed by atoms with Crippen LogP contribution in [0.2, 0.25) is 0 Å². The molecule has 2 aromatic rings. The molecule has 0 unspecified atom stereocenters. The average molecular weight is 487 g/mol. The van der Waals surface area contributed by atoms with Crippen molar-refractivity contribution in [3.8, 4) is 0 Å². The maximum Gasteiger partial charge on any atom is 0.360 e. The molecular formula is C20H26BrIN+. The van der Waals surface area contributed by atoms with Gasteiger partial charge in [-0.3, -0.25) is 0 Å². The number of halogens is 2. The molecule has 0 N–H and O–H groups in total. The van der Waals surface area contributed by atoms with Crippen LogP contribution < -0.4 is 21.2 Å². The van der Waals surface area contributed by atoms with Crippen LogP contribution in [-0.4, -0.2) is 4.98 Å². The second-order valence-corrected chi connectivity index (χ2v) is 10.5. The van der Waals surface area contributed by atoms with Gasteiger partial charge in [0.25, 0.3) is 0 Å². The van der Waals surface area contributed by atoms with Crippen LogP contribution in [0, 0.1) is 7.14 Å². The predicted molar refractivity (Wildman–Crippen MR) is 98.0 cm³/mol. The summed E-state index contributed by atoms with van der Waals surface area (Å²) in [7, 11) is 0. The number of nitrogens with zero attached hydrogens (tertiary/aromatic N) is 1. The molecule has 1 heterocycles. The Bertz CT molecular complexity index is 631. The molecule has 0 saturated carbocycles. The van der Waals surface area contributed by atoms with Crippen LogP contribution in [0.3, 0.4) is 0 Å². The van der Waals surface area contributed by atoms with E-state index in [2.05, 4.69) is 86.7 Å². The average Bonchev–Trinajstić information content (AvgIpc) is 2.48. The zero-order valence-corrected chi connectivity index (χ0v) is 18.6. The SMILES string of the molecule is CC(C)c1cc(C(C)C)c([I+]c2ccc(Br)nc2)c(C(C)C)c1. The summed E-state index contributed by atoms with van der Waals surface area (Å²) < 4.78 is 3.89. The fourth-order valence-electron chi connectivity index (χ4n) is 2.50. The van der Waals surface area contributed by atoms with Gasteiger partial charge in [0.2, 0.25) is 7.14 Å². The largest absolute Gasteiger partial charge is 0.360 e. The van der Waals surface area contributed by atoms with Crippen LogP contribution in [0.4, 0.5) is 0 Å². The Labute approximate surface area is 159 Å². The second-order valence-electron chi connectivity index (χ2n) is 6.87. The summed E-state index contributed by atoms with van der Waals surface area (Å²) >= 11 is 3.22. The molecule has 1 nitrogen and oxygen atoms in total. The molecule has 3 heteroatoms. The van der Waals surface area contributed by atoms with Gasteiger partial charge in [-0.05, 0) is 51.4 Å². The smallest absolute Gasteiger partial charge is 0.245 e. The highest BCUT2D eigenvalue weighted by molar-refractivity contribution is 9.10. The molecule has 0 amide bonds. The number of pyridine rings is 1. The standard InChI is InChI=1S/C20H26BrIN/c1-12(2)15-9-17(13(3)4)20(18(10-15)14(5)6)22-16-7-8-19(21)23-11-16/h7-14H,1-6H3/q+1. The number of rotatable bonds is 5. The van der Waals surface area contributed by atoms with Gasteiger partial charge in [0.05, 0.1) is 6.20 Å². The van der Waals surface area contributed by atoms with Gasteiger partial charge >= 0.3 is 21.2 Å². The van der Waals surface area contributed by atoms with Crippen molar-refractivity contribution in [1.82, 2.24) is 4.98 Å². The highest BCUT2D eigenvalue weighted by Gasteiger charge is 2.28.